The summed E-state index contributed by atoms with van der Waals surface area (Å²) in [7, 11) is -3.50. The molecule has 2 N–H and O–H groups in total. The first kappa shape index (κ1) is 14.3. The van der Waals surface area contributed by atoms with Crippen molar-refractivity contribution in [2.75, 3.05) is 13.1 Å². The highest BCUT2D eigenvalue weighted by atomic mass is 32.2. The highest BCUT2D eigenvalue weighted by Gasteiger charge is 2.32. The summed E-state index contributed by atoms with van der Waals surface area (Å²) in [4.78, 5) is 0.352. The molecule has 0 saturated carbocycles. The van der Waals surface area contributed by atoms with Crippen LogP contribution in [0.25, 0.3) is 11.1 Å². The molecule has 1 fully saturated rings. The third-order valence-electron chi connectivity index (χ3n) is 3.78. The first-order valence-electron chi connectivity index (χ1n) is 6.99. The Kier molecular flexibility index (Phi) is 3.80. The fraction of sp³-hybridized carbons (Fsp3) is 0.250. The van der Waals surface area contributed by atoms with Crippen LogP contribution in [-0.4, -0.2) is 31.9 Å². The van der Waals surface area contributed by atoms with E-state index < -0.39 is 10.0 Å². The Labute approximate surface area is 125 Å². The Morgan fingerprint density at radius 3 is 2.33 bits per heavy atom. The van der Waals surface area contributed by atoms with Crippen molar-refractivity contribution in [1.29, 1.82) is 0 Å². The van der Waals surface area contributed by atoms with E-state index in [-0.39, 0.29) is 6.04 Å². The van der Waals surface area contributed by atoms with Crippen LogP contribution in [0.4, 0.5) is 0 Å². The standard InChI is InChI=1S/C16H18N2O2S/c17-14-10-11-18(12-14)21(19,20)16-9-5-4-8-15(16)13-6-2-1-3-7-13/h1-9,14H,10-12,17H2/t14-/m1/s1. The number of hydrogen-bond acceptors (Lipinski definition) is 3. The first-order chi connectivity index (χ1) is 10.1. The summed E-state index contributed by atoms with van der Waals surface area (Å²) >= 11 is 0. The van der Waals surface area contributed by atoms with Crippen LogP contribution >= 0.6 is 0 Å². The van der Waals surface area contributed by atoms with E-state index in [1.54, 1.807) is 12.1 Å². The Morgan fingerprint density at radius 1 is 1.00 bits per heavy atom. The summed E-state index contributed by atoms with van der Waals surface area (Å²) < 4.78 is 27.2. The van der Waals surface area contributed by atoms with Crippen molar-refractivity contribution in [2.45, 2.75) is 17.4 Å². The molecule has 0 radical (unpaired) electrons. The average Bonchev–Trinajstić information content (AvgIpc) is 2.95. The zero-order chi connectivity index (χ0) is 14.9. The maximum absolute atomic E-state index is 12.8. The first-order valence-corrected chi connectivity index (χ1v) is 8.43. The monoisotopic (exact) mass is 302 g/mol. The number of rotatable bonds is 3. The molecule has 110 valence electrons. The molecule has 0 aliphatic carbocycles. The van der Waals surface area contributed by atoms with Gasteiger partial charge in [0.15, 0.2) is 0 Å². The van der Waals surface area contributed by atoms with Crippen LogP contribution in [0.15, 0.2) is 59.5 Å². The van der Waals surface area contributed by atoms with Crippen LogP contribution in [0.3, 0.4) is 0 Å². The van der Waals surface area contributed by atoms with Crippen molar-refractivity contribution in [3.8, 4) is 11.1 Å². The topological polar surface area (TPSA) is 63.4 Å². The lowest BCUT2D eigenvalue weighted by Gasteiger charge is -2.18. The maximum atomic E-state index is 12.8. The van der Waals surface area contributed by atoms with Gasteiger partial charge in [-0.2, -0.15) is 4.31 Å². The molecule has 0 bridgehead atoms. The minimum Gasteiger partial charge on any atom is -0.326 e. The molecule has 4 nitrogen and oxygen atoms in total. The van der Waals surface area contributed by atoms with Gasteiger partial charge < -0.3 is 5.73 Å². The quantitative estimate of drug-likeness (QED) is 0.944. The van der Waals surface area contributed by atoms with E-state index in [0.717, 1.165) is 11.1 Å². The highest BCUT2D eigenvalue weighted by Crippen LogP contribution is 2.30. The molecular weight excluding hydrogens is 284 g/mol. The molecule has 2 aromatic rings. The van der Waals surface area contributed by atoms with Gasteiger partial charge in [-0.3, -0.25) is 0 Å². The van der Waals surface area contributed by atoms with E-state index in [1.165, 1.54) is 4.31 Å². The molecule has 1 atom stereocenters. The van der Waals surface area contributed by atoms with Crippen molar-refractivity contribution in [3.05, 3.63) is 54.6 Å². The third-order valence-corrected chi connectivity index (χ3v) is 5.70. The fourth-order valence-electron chi connectivity index (χ4n) is 2.66. The van der Waals surface area contributed by atoms with E-state index in [0.29, 0.717) is 24.4 Å². The molecule has 1 aliphatic rings. The van der Waals surface area contributed by atoms with Crippen molar-refractivity contribution in [3.63, 3.8) is 0 Å². The molecule has 1 saturated heterocycles. The molecule has 21 heavy (non-hydrogen) atoms. The molecule has 5 heteroatoms. The number of nitrogens with zero attached hydrogens (tertiary/aromatic N) is 1. The van der Waals surface area contributed by atoms with Gasteiger partial charge >= 0.3 is 0 Å². The van der Waals surface area contributed by atoms with Crippen LogP contribution in [0, 0.1) is 0 Å². The molecule has 0 unspecified atom stereocenters. The molecule has 0 spiro atoms. The second-order valence-electron chi connectivity index (χ2n) is 5.27. The second kappa shape index (κ2) is 5.60. The van der Waals surface area contributed by atoms with Crippen molar-refractivity contribution < 1.29 is 8.42 Å². The molecule has 0 amide bonds. The molecule has 2 aromatic carbocycles. The van der Waals surface area contributed by atoms with Crippen molar-refractivity contribution in [2.24, 2.45) is 5.73 Å². The summed E-state index contributed by atoms with van der Waals surface area (Å²) in [6, 6.07) is 16.6. The summed E-state index contributed by atoms with van der Waals surface area (Å²) in [6.07, 6.45) is 0.715. The molecule has 1 heterocycles. The van der Waals surface area contributed by atoms with Crippen LogP contribution in [0.2, 0.25) is 0 Å². The Hall–Kier alpha value is -1.69. The van der Waals surface area contributed by atoms with Gasteiger partial charge in [0.25, 0.3) is 0 Å². The molecule has 1 aliphatic heterocycles. The molecule has 3 rings (SSSR count). The lowest BCUT2D eigenvalue weighted by atomic mass is 10.1. The Bertz CT molecular complexity index is 729. The van der Waals surface area contributed by atoms with Gasteiger partial charge in [-0.15, -0.1) is 0 Å². The minimum absolute atomic E-state index is 0.0661. The van der Waals surface area contributed by atoms with E-state index in [2.05, 4.69) is 0 Å². The normalized spacial score (nSPS) is 19.8. The van der Waals surface area contributed by atoms with Crippen molar-refractivity contribution >= 4 is 10.0 Å². The van der Waals surface area contributed by atoms with E-state index in [9.17, 15) is 8.42 Å². The summed E-state index contributed by atoms with van der Waals surface area (Å²) in [5, 5.41) is 0. The van der Waals surface area contributed by atoms with Crippen LogP contribution in [0.1, 0.15) is 6.42 Å². The van der Waals surface area contributed by atoms with E-state index in [1.807, 2.05) is 42.5 Å². The zero-order valence-corrected chi connectivity index (χ0v) is 12.5. The van der Waals surface area contributed by atoms with Gasteiger partial charge in [-0.05, 0) is 18.1 Å². The largest absolute Gasteiger partial charge is 0.326 e. The van der Waals surface area contributed by atoms with Crippen LogP contribution in [-0.2, 0) is 10.0 Å². The maximum Gasteiger partial charge on any atom is 0.243 e. The Morgan fingerprint density at radius 2 is 1.67 bits per heavy atom. The predicted molar refractivity (Wildman–Crippen MR) is 83.2 cm³/mol. The van der Waals surface area contributed by atoms with Gasteiger partial charge in [-0.25, -0.2) is 8.42 Å². The lowest BCUT2D eigenvalue weighted by molar-refractivity contribution is 0.472. The number of nitrogens with two attached hydrogens (primary N) is 1. The summed E-state index contributed by atoms with van der Waals surface area (Å²) in [5.74, 6) is 0. The average molecular weight is 302 g/mol. The highest BCUT2D eigenvalue weighted by molar-refractivity contribution is 7.89. The second-order valence-corrected chi connectivity index (χ2v) is 7.18. The van der Waals surface area contributed by atoms with Gasteiger partial charge in [0.2, 0.25) is 10.0 Å². The van der Waals surface area contributed by atoms with Gasteiger partial charge in [0, 0.05) is 24.7 Å². The van der Waals surface area contributed by atoms with Gasteiger partial charge in [0.1, 0.15) is 0 Å². The minimum atomic E-state index is -3.50. The van der Waals surface area contributed by atoms with E-state index >= 15 is 0 Å². The number of benzene rings is 2. The smallest absolute Gasteiger partial charge is 0.243 e. The van der Waals surface area contributed by atoms with Crippen molar-refractivity contribution in [1.82, 2.24) is 4.31 Å². The lowest BCUT2D eigenvalue weighted by Crippen LogP contribution is -2.32. The number of hydrogen-bond donors (Lipinski definition) is 1. The third kappa shape index (κ3) is 2.72. The van der Waals surface area contributed by atoms with Crippen LogP contribution in [0.5, 0.6) is 0 Å². The predicted octanol–water partition coefficient (Wildman–Crippen LogP) is 2.08. The van der Waals surface area contributed by atoms with Gasteiger partial charge in [0.05, 0.1) is 4.90 Å². The zero-order valence-electron chi connectivity index (χ0n) is 11.6. The van der Waals surface area contributed by atoms with E-state index in [4.69, 9.17) is 5.73 Å². The summed E-state index contributed by atoms with van der Waals surface area (Å²) in [5.41, 5.74) is 7.48. The molecular formula is C16H18N2O2S. The molecule has 0 aromatic heterocycles. The summed E-state index contributed by atoms with van der Waals surface area (Å²) in [6.45, 7) is 0.887. The number of sulfonamides is 1. The Balaban J connectivity index is 2.07. The van der Waals surface area contributed by atoms with Crippen LogP contribution < -0.4 is 5.73 Å². The fourth-order valence-corrected chi connectivity index (χ4v) is 4.39. The SMILES string of the molecule is N[C@@H]1CCN(S(=O)(=O)c2ccccc2-c2ccccc2)C1. The van der Waals surface area contributed by atoms with Gasteiger partial charge in [-0.1, -0.05) is 48.5 Å².